The number of phenolic OH excluding ortho intramolecular Hbond substituents is 2. The third-order valence-corrected chi connectivity index (χ3v) is 2.64. The van der Waals surface area contributed by atoms with Gasteiger partial charge in [0.05, 0.1) is 6.61 Å². The van der Waals surface area contributed by atoms with E-state index in [9.17, 15) is 9.50 Å². The molecule has 2 aromatic rings. The molecule has 0 aliphatic rings. The zero-order valence-corrected chi connectivity index (χ0v) is 9.85. The van der Waals surface area contributed by atoms with Crippen LogP contribution in [0.3, 0.4) is 0 Å². The molecule has 18 heavy (non-hydrogen) atoms. The molecule has 4 heteroatoms. The van der Waals surface area contributed by atoms with Gasteiger partial charge in [0.25, 0.3) is 0 Å². The Morgan fingerprint density at radius 1 is 1.11 bits per heavy atom. The first-order chi connectivity index (χ1) is 8.61. The number of rotatable bonds is 3. The maximum Gasteiger partial charge on any atom is 0.134 e. The summed E-state index contributed by atoms with van der Waals surface area (Å²) in [6.07, 6.45) is 0. The quantitative estimate of drug-likeness (QED) is 0.877. The van der Waals surface area contributed by atoms with Crippen molar-refractivity contribution in [3.63, 3.8) is 0 Å². The fraction of sp³-hybridized carbons (Fsp3) is 0.143. The van der Waals surface area contributed by atoms with Gasteiger partial charge in [0, 0.05) is 24.3 Å². The zero-order valence-electron chi connectivity index (χ0n) is 9.85. The fourth-order valence-electron chi connectivity index (χ4n) is 1.76. The number of benzene rings is 2. The predicted molar refractivity (Wildman–Crippen MR) is 65.9 cm³/mol. The predicted octanol–water partition coefficient (Wildman–Crippen LogP) is 3.05. The number of phenols is 2. The van der Waals surface area contributed by atoms with Crippen molar-refractivity contribution in [3.05, 3.63) is 47.8 Å². The number of hydrogen-bond acceptors (Lipinski definition) is 3. The summed E-state index contributed by atoms with van der Waals surface area (Å²) < 4.78 is 18.7. The summed E-state index contributed by atoms with van der Waals surface area (Å²) in [5, 5.41) is 18.8. The van der Waals surface area contributed by atoms with Crippen LogP contribution in [0.15, 0.2) is 36.4 Å². The van der Waals surface area contributed by atoms with Crippen LogP contribution < -0.4 is 0 Å². The highest BCUT2D eigenvalue weighted by Gasteiger charge is 2.09. The summed E-state index contributed by atoms with van der Waals surface area (Å²) >= 11 is 0. The topological polar surface area (TPSA) is 49.7 Å². The van der Waals surface area contributed by atoms with Crippen LogP contribution in [0.1, 0.15) is 5.56 Å². The van der Waals surface area contributed by atoms with E-state index < -0.39 is 5.82 Å². The van der Waals surface area contributed by atoms with Crippen molar-refractivity contribution in [1.82, 2.24) is 0 Å². The van der Waals surface area contributed by atoms with E-state index in [2.05, 4.69) is 0 Å². The molecule has 0 amide bonds. The molecule has 0 radical (unpaired) electrons. The Morgan fingerprint density at radius 2 is 1.89 bits per heavy atom. The normalized spacial score (nSPS) is 10.6. The van der Waals surface area contributed by atoms with Gasteiger partial charge in [0.15, 0.2) is 0 Å². The molecule has 0 aliphatic heterocycles. The van der Waals surface area contributed by atoms with Crippen LogP contribution >= 0.6 is 0 Å². The van der Waals surface area contributed by atoms with Crippen molar-refractivity contribution in [2.75, 3.05) is 7.11 Å². The summed E-state index contributed by atoms with van der Waals surface area (Å²) in [6, 6.07) is 8.74. The van der Waals surface area contributed by atoms with E-state index >= 15 is 0 Å². The van der Waals surface area contributed by atoms with Crippen molar-refractivity contribution in [2.24, 2.45) is 0 Å². The first kappa shape index (κ1) is 12.4. The summed E-state index contributed by atoms with van der Waals surface area (Å²) in [6.45, 7) is 0.249. The van der Waals surface area contributed by atoms with Gasteiger partial charge in [-0.1, -0.05) is 6.07 Å². The van der Waals surface area contributed by atoms with E-state index in [1.54, 1.807) is 12.1 Å². The zero-order chi connectivity index (χ0) is 13.1. The lowest BCUT2D eigenvalue weighted by molar-refractivity contribution is 0.182. The minimum atomic E-state index is -0.510. The minimum Gasteiger partial charge on any atom is -0.508 e. The SMILES string of the molecule is COCc1cc(-c2ccc(O)cc2F)ccc1O. The van der Waals surface area contributed by atoms with E-state index in [0.717, 1.165) is 6.07 Å². The number of methoxy groups -OCH3 is 1. The second kappa shape index (κ2) is 5.06. The van der Waals surface area contributed by atoms with E-state index in [1.807, 2.05) is 0 Å². The molecule has 0 atom stereocenters. The first-order valence-electron chi connectivity index (χ1n) is 5.41. The third kappa shape index (κ3) is 2.43. The lowest BCUT2D eigenvalue weighted by Gasteiger charge is -2.08. The molecule has 3 nitrogen and oxygen atoms in total. The fourth-order valence-corrected chi connectivity index (χ4v) is 1.76. The summed E-state index contributed by atoms with van der Waals surface area (Å²) in [5.74, 6) is -0.518. The molecule has 0 saturated heterocycles. The maximum absolute atomic E-state index is 13.7. The van der Waals surface area contributed by atoms with E-state index in [4.69, 9.17) is 9.84 Å². The molecule has 2 N–H and O–H groups in total. The number of aromatic hydroxyl groups is 2. The van der Waals surface area contributed by atoms with E-state index in [1.165, 1.54) is 25.3 Å². The Labute approximate surface area is 104 Å². The number of hydrogen-bond donors (Lipinski definition) is 2. The average Bonchev–Trinajstić information content (AvgIpc) is 2.33. The molecule has 0 aliphatic carbocycles. The van der Waals surface area contributed by atoms with Gasteiger partial charge in [-0.15, -0.1) is 0 Å². The second-order valence-electron chi connectivity index (χ2n) is 3.94. The largest absolute Gasteiger partial charge is 0.508 e. The standard InChI is InChI=1S/C14H13FO3/c1-18-8-10-6-9(2-5-14(10)17)12-4-3-11(16)7-13(12)15/h2-7,16-17H,8H2,1H3. The van der Waals surface area contributed by atoms with Crippen LogP contribution in [-0.2, 0) is 11.3 Å². The van der Waals surface area contributed by atoms with E-state index in [0.29, 0.717) is 16.7 Å². The second-order valence-corrected chi connectivity index (χ2v) is 3.94. The van der Waals surface area contributed by atoms with Crippen molar-refractivity contribution < 1.29 is 19.3 Å². The first-order valence-corrected chi connectivity index (χ1v) is 5.41. The van der Waals surface area contributed by atoms with Crippen molar-refractivity contribution >= 4 is 0 Å². The van der Waals surface area contributed by atoms with Crippen LogP contribution in [0.4, 0.5) is 4.39 Å². The maximum atomic E-state index is 13.7. The van der Waals surface area contributed by atoms with Crippen molar-refractivity contribution in [1.29, 1.82) is 0 Å². The molecule has 0 spiro atoms. The smallest absolute Gasteiger partial charge is 0.134 e. The Balaban J connectivity index is 2.47. The summed E-state index contributed by atoms with van der Waals surface area (Å²) in [5.41, 5.74) is 1.57. The highest BCUT2D eigenvalue weighted by atomic mass is 19.1. The molecule has 94 valence electrons. The van der Waals surface area contributed by atoms with Gasteiger partial charge in [0.2, 0.25) is 0 Å². The average molecular weight is 248 g/mol. The Bertz CT molecular complexity index is 567. The van der Waals surface area contributed by atoms with Crippen LogP contribution in [0.2, 0.25) is 0 Å². The van der Waals surface area contributed by atoms with Crippen LogP contribution in [0.25, 0.3) is 11.1 Å². The molecule has 0 fully saturated rings. The Kier molecular flexibility index (Phi) is 3.48. The molecule has 2 rings (SSSR count). The molecule has 0 aromatic heterocycles. The summed E-state index contributed by atoms with van der Waals surface area (Å²) in [4.78, 5) is 0. The van der Waals surface area contributed by atoms with Crippen molar-refractivity contribution in [3.8, 4) is 22.6 Å². The lowest BCUT2D eigenvalue weighted by atomic mass is 10.0. The van der Waals surface area contributed by atoms with Crippen LogP contribution in [0, 0.1) is 5.82 Å². The lowest BCUT2D eigenvalue weighted by Crippen LogP contribution is -1.91. The Hall–Kier alpha value is -2.07. The highest BCUT2D eigenvalue weighted by molar-refractivity contribution is 5.67. The molecule has 2 aromatic carbocycles. The van der Waals surface area contributed by atoms with Gasteiger partial charge in [-0.3, -0.25) is 0 Å². The third-order valence-electron chi connectivity index (χ3n) is 2.64. The summed E-state index contributed by atoms with van der Waals surface area (Å²) in [7, 11) is 1.52. The molecular weight excluding hydrogens is 235 g/mol. The van der Waals surface area contributed by atoms with Gasteiger partial charge >= 0.3 is 0 Å². The molecular formula is C14H13FO3. The molecule has 0 unspecified atom stereocenters. The van der Waals surface area contributed by atoms with Gasteiger partial charge in [-0.2, -0.15) is 0 Å². The van der Waals surface area contributed by atoms with Gasteiger partial charge in [0.1, 0.15) is 17.3 Å². The number of halogens is 1. The molecule has 0 bridgehead atoms. The van der Waals surface area contributed by atoms with Gasteiger partial charge in [-0.05, 0) is 29.8 Å². The highest BCUT2D eigenvalue weighted by Crippen LogP contribution is 2.29. The molecule has 0 saturated carbocycles. The van der Waals surface area contributed by atoms with Gasteiger partial charge < -0.3 is 14.9 Å². The Morgan fingerprint density at radius 3 is 2.56 bits per heavy atom. The van der Waals surface area contributed by atoms with Crippen LogP contribution in [0.5, 0.6) is 11.5 Å². The van der Waals surface area contributed by atoms with Crippen molar-refractivity contribution in [2.45, 2.75) is 6.61 Å². The minimum absolute atomic E-state index is 0.111. The number of ether oxygens (including phenoxy) is 1. The van der Waals surface area contributed by atoms with E-state index in [-0.39, 0.29) is 18.1 Å². The van der Waals surface area contributed by atoms with Crippen LogP contribution in [-0.4, -0.2) is 17.3 Å². The monoisotopic (exact) mass is 248 g/mol. The van der Waals surface area contributed by atoms with Gasteiger partial charge in [-0.25, -0.2) is 4.39 Å². The molecule has 0 heterocycles.